The van der Waals surface area contributed by atoms with Crippen molar-refractivity contribution in [2.45, 2.75) is 38.3 Å². The van der Waals surface area contributed by atoms with Gasteiger partial charge in [-0.25, -0.2) is 0 Å². The molecule has 0 spiro atoms. The third-order valence-corrected chi connectivity index (χ3v) is 4.18. The molecule has 2 heterocycles. The standard InChI is InChI=1S/C16H22N2O2/c1-11-9-14(13-5-3-4-6-15(13)17-11)16(19)18-7-8-20-12(2)10-18/h3-6,11-12,14,17H,7-10H2,1-2H3. The van der Waals surface area contributed by atoms with Crippen molar-refractivity contribution in [3.8, 4) is 0 Å². The maximum atomic E-state index is 12.8. The van der Waals surface area contributed by atoms with E-state index in [9.17, 15) is 4.79 Å². The molecular weight excluding hydrogens is 252 g/mol. The van der Waals surface area contributed by atoms with E-state index in [1.807, 2.05) is 24.0 Å². The Kier molecular flexibility index (Phi) is 3.66. The molecule has 1 amide bonds. The van der Waals surface area contributed by atoms with Gasteiger partial charge in [0.2, 0.25) is 5.91 Å². The van der Waals surface area contributed by atoms with E-state index >= 15 is 0 Å². The van der Waals surface area contributed by atoms with Gasteiger partial charge in [-0.05, 0) is 31.9 Å². The first-order valence-corrected chi connectivity index (χ1v) is 7.41. The van der Waals surface area contributed by atoms with Gasteiger partial charge in [-0.3, -0.25) is 4.79 Å². The Morgan fingerprint density at radius 3 is 2.95 bits per heavy atom. The number of carbonyl (C=O) groups is 1. The second-order valence-corrected chi connectivity index (χ2v) is 5.89. The topological polar surface area (TPSA) is 41.6 Å². The fourth-order valence-electron chi connectivity index (χ4n) is 3.21. The summed E-state index contributed by atoms with van der Waals surface area (Å²) in [5.74, 6) is 0.230. The number of morpholine rings is 1. The summed E-state index contributed by atoms with van der Waals surface area (Å²) in [6, 6.07) is 8.49. The SMILES string of the molecule is CC1CC(C(=O)N2CCOC(C)C2)c2ccccc2N1. The molecule has 0 saturated carbocycles. The number of hydrogen-bond acceptors (Lipinski definition) is 3. The summed E-state index contributed by atoms with van der Waals surface area (Å²) in [6.45, 7) is 6.23. The van der Waals surface area contributed by atoms with Crippen LogP contribution in [-0.4, -0.2) is 42.6 Å². The molecule has 3 atom stereocenters. The van der Waals surface area contributed by atoms with Crippen molar-refractivity contribution in [2.75, 3.05) is 25.0 Å². The molecule has 108 valence electrons. The Hall–Kier alpha value is -1.55. The Labute approximate surface area is 120 Å². The minimum Gasteiger partial charge on any atom is -0.382 e. The molecule has 1 N–H and O–H groups in total. The van der Waals surface area contributed by atoms with E-state index in [1.54, 1.807) is 0 Å². The van der Waals surface area contributed by atoms with Gasteiger partial charge in [-0.1, -0.05) is 18.2 Å². The minimum absolute atomic E-state index is 0.0206. The average molecular weight is 274 g/mol. The summed E-state index contributed by atoms with van der Waals surface area (Å²) in [4.78, 5) is 14.8. The summed E-state index contributed by atoms with van der Waals surface area (Å²) in [5, 5.41) is 3.46. The zero-order valence-electron chi connectivity index (χ0n) is 12.1. The molecule has 2 aliphatic rings. The number of anilines is 1. The maximum Gasteiger partial charge on any atom is 0.230 e. The number of nitrogens with zero attached hydrogens (tertiary/aromatic N) is 1. The molecule has 0 aromatic heterocycles. The van der Waals surface area contributed by atoms with Gasteiger partial charge in [0.1, 0.15) is 0 Å². The van der Waals surface area contributed by atoms with E-state index in [0.29, 0.717) is 25.7 Å². The van der Waals surface area contributed by atoms with Crippen molar-refractivity contribution in [1.29, 1.82) is 0 Å². The van der Waals surface area contributed by atoms with Crippen LogP contribution >= 0.6 is 0 Å². The van der Waals surface area contributed by atoms with Gasteiger partial charge in [-0.15, -0.1) is 0 Å². The first kappa shape index (κ1) is 13.4. The van der Waals surface area contributed by atoms with Crippen molar-refractivity contribution in [3.63, 3.8) is 0 Å². The lowest BCUT2D eigenvalue weighted by Gasteiger charge is -2.37. The van der Waals surface area contributed by atoms with Crippen molar-refractivity contribution < 1.29 is 9.53 Å². The number of carbonyl (C=O) groups excluding carboxylic acids is 1. The van der Waals surface area contributed by atoms with Crippen LogP contribution in [-0.2, 0) is 9.53 Å². The van der Waals surface area contributed by atoms with E-state index in [4.69, 9.17) is 4.74 Å². The monoisotopic (exact) mass is 274 g/mol. The number of fused-ring (bicyclic) bond motifs is 1. The molecule has 2 aliphatic heterocycles. The fourth-order valence-corrected chi connectivity index (χ4v) is 3.21. The van der Waals surface area contributed by atoms with E-state index < -0.39 is 0 Å². The highest BCUT2D eigenvalue weighted by atomic mass is 16.5. The van der Waals surface area contributed by atoms with E-state index in [2.05, 4.69) is 24.4 Å². The normalized spacial score (nSPS) is 29.5. The molecule has 3 unspecified atom stereocenters. The Morgan fingerprint density at radius 1 is 1.35 bits per heavy atom. The lowest BCUT2D eigenvalue weighted by Crippen LogP contribution is -2.47. The quantitative estimate of drug-likeness (QED) is 0.854. The van der Waals surface area contributed by atoms with Gasteiger partial charge >= 0.3 is 0 Å². The van der Waals surface area contributed by atoms with Gasteiger partial charge < -0.3 is 15.0 Å². The average Bonchev–Trinajstić information content (AvgIpc) is 2.45. The highest BCUT2D eigenvalue weighted by Gasteiger charge is 2.33. The van der Waals surface area contributed by atoms with Crippen LogP contribution in [0.5, 0.6) is 0 Å². The zero-order valence-corrected chi connectivity index (χ0v) is 12.1. The van der Waals surface area contributed by atoms with Crippen LogP contribution in [0.15, 0.2) is 24.3 Å². The lowest BCUT2D eigenvalue weighted by molar-refractivity contribution is -0.140. The zero-order chi connectivity index (χ0) is 14.1. The Morgan fingerprint density at radius 2 is 2.15 bits per heavy atom. The van der Waals surface area contributed by atoms with Crippen LogP contribution in [0.4, 0.5) is 5.69 Å². The van der Waals surface area contributed by atoms with Crippen molar-refractivity contribution in [2.24, 2.45) is 0 Å². The predicted octanol–water partition coefficient (Wildman–Crippen LogP) is 2.22. The van der Waals surface area contributed by atoms with Gasteiger partial charge in [0, 0.05) is 24.8 Å². The molecule has 0 radical (unpaired) electrons. The first-order valence-electron chi connectivity index (χ1n) is 7.41. The molecular formula is C16H22N2O2. The number of para-hydroxylation sites is 1. The molecule has 4 nitrogen and oxygen atoms in total. The molecule has 1 aromatic carbocycles. The number of rotatable bonds is 1. The maximum absolute atomic E-state index is 12.8. The van der Waals surface area contributed by atoms with Crippen molar-refractivity contribution in [3.05, 3.63) is 29.8 Å². The molecule has 1 fully saturated rings. The van der Waals surface area contributed by atoms with E-state index in [1.165, 1.54) is 0 Å². The Bertz CT molecular complexity index is 503. The largest absolute Gasteiger partial charge is 0.382 e. The van der Waals surface area contributed by atoms with Gasteiger partial charge in [0.05, 0.1) is 18.6 Å². The molecule has 1 aromatic rings. The summed E-state index contributed by atoms with van der Waals surface area (Å²) >= 11 is 0. The highest BCUT2D eigenvalue weighted by Crippen LogP contribution is 2.35. The molecule has 0 aliphatic carbocycles. The first-order chi connectivity index (χ1) is 9.65. The molecule has 4 heteroatoms. The van der Waals surface area contributed by atoms with E-state index in [0.717, 1.165) is 17.7 Å². The number of benzene rings is 1. The van der Waals surface area contributed by atoms with Crippen molar-refractivity contribution in [1.82, 2.24) is 4.90 Å². The van der Waals surface area contributed by atoms with Crippen LogP contribution in [0.25, 0.3) is 0 Å². The van der Waals surface area contributed by atoms with Gasteiger partial charge in [0.25, 0.3) is 0 Å². The molecule has 3 rings (SSSR count). The summed E-state index contributed by atoms with van der Waals surface area (Å²) in [7, 11) is 0. The minimum atomic E-state index is -0.0206. The fraction of sp³-hybridized carbons (Fsp3) is 0.562. The van der Waals surface area contributed by atoms with Gasteiger partial charge in [0.15, 0.2) is 0 Å². The second kappa shape index (κ2) is 5.44. The Balaban J connectivity index is 1.84. The predicted molar refractivity (Wildman–Crippen MR) is 78.9 cm³/mol. The highest BCUT2D eigenvalue weighted by molar-refractivity contribution is 5.86. The van der Waals surface area contributed by atoms with Gasteiger partial charge in [-0.2, -0.15) is 0 Å². The second-order valence-electron chi connectivity index (χ2n) is 5.89. The van der Waals surface area contributed by atoms with Crippen LogP contribution < -0.4 is 5.32 Å². The summed E-state index contributed by atoms with van der Waals surface area (Å²) in [5.41, 5.74) is 2.24. The van der Waals surface area contributed by atoms with Crippen molar-refractivity contribution >= 4 is 11.6 Å². The molecule has 20 heavy (non-hydrogen) atoms. The summed E-state index contributed by atoms with van der Waals surface area (Å²) in [6.07, 6.45) is 1.00. The van der Waals surface area contributed by atoms with Crippen LogP contribution in [0.3, 0.4) is 0 Å². The number of nitrogens with one attached hydrogen (secondary N) is 1. The molecule has 0 bridgehead atoms. The number of hydrogen-bond donors (Lipinski definition) is 1. The number of ether oxygens (including phenoxy) is 1. The summed E-state index contributed by atoms with van der Waals surface area (Å²) < 4.78 is 5.53. The number of amides is 1. The lowest BCUT2D eigenvalue weighted by atomic mass is 9.86. The molecule has 1 saturated heterocycles. The third-order valence-electron chi connectivity index (χ3n) is 4.18. The third kappa shape index (κ3) is 2.52. The van der Waals surface area contributed by atoms with Crippen LogP contribution in [0.1, 0.15) is 31.7 Å². The smallest absolute Gasteiger partial charge is 0.230 e. The van der Waals surface area contributed by atoms with Crippen LogP contribution in [0.2, 0.25) is 0 Å². The van der Waals surface area contributed by atoms with E-state index in [-0.39, 0.29) is 17.9 Å². The van der Waals surface area contributed by atoms with Crippen LogP contribution in [0, 0.1) is 0 Å².